The van der Waals surface area contributed by atoms with Gasteiger partial charge in [-0.15, -0.1) is 0 Å². The quantitative estimate of drug-likeness (QED) is 0.226. The van der Waals surface area contributed by atoms with Crippen molar-refractivity contribution < 1.29 is 91.4 Å². The molecule has 0 aliphatic rings. The van der Waals surface area contributed by atoms with Crippen molar-refractivity contribution in [3.63, 3.8) is 0 Å². The zero-order valence-electron chi connectivity index (χ0n) is 3.49. The zero-order chi connectivity index (χ0) is 0. The van der Waals surface area contributed by atoms with Crippen LogP contribution < -0.4 is 28.2 Å². The third-order valence-electron chi connectivity index (χ3n) is 0. The third-order valence-corrected chi connectivity index (χ3v) is 0. The molecular formula is F6W3. The van der Waals surface area contributed by atoms with Gasteiger partial charge < -0.3 is 28.2 Å². The second-order valence-electron chi connectivity index (χ2n) is 0. The molecule has 0 heterocycles. The largest absolute Gasteiger partial charge is 2.00 e. The van der Waals surface area contributed by atoms with Gasteiger partial charge in [0.1, 0.15) is 0 Å². The SMILES string of the molecule is [F-].[F-].[F-].[F-].[F-].[F-].[W+2].[W+2].[W+2]. The molecular weight excluding hydrogens is 666 g/mol. The van der Waals surface area contributed by atoms with Crippen molar-refractivity contribution in [2.45, 2.75) is 0 Å². The van der Waals surface area contributed by atoms with Gasteiger partial charge in [-0.05, 0) is 0 Å². The Labute approximate surface area is 90.9 Å². The molecule has 0 saturated carbocycles. The minimum absolute atomic E-state index is 0. The molecule has 60 valence electrons. The average molecular weight is 666 g/mol. The van der Waals surface area contributed by atoms with Gasteiger partial charge in [0.05, 0.1) is 0 Å². The first-order chi connectivity index (χ1) is 0. The second kappa shape index (κ2) is 266. The summed E-state index contributed by atoms with van der Waals surface area (Å²) in [5.41, 5.74) is 0. The Kier molecular flexibility index (Phi) is 10800. The van der Waals surface area contributed by atoms with Gasteiger partial charge in [0.2, 0.25) is 0 Å². The summed E-state index contributed by atoms with van der Waals surface area (Å²) in [6.07, 6.45) is 0. The molecule has 0 aromatic heterocycles. The first kappa shape index (κ1) is 366. The van der Waals surface area contributed by atoms with E-state index >= 15 is 0 Å². The maximum absolute atomic E-state index is 0. The molecule has 0 nitrogen and oxygen atoms in total. The van der Waals surface area contributed by atoms with Crippen molar-refractivity contribution >= 4 is 0 Å². The van der Waals surface area contributed by atoms with Crippen LogP contribution in [0.4, 0.5) is 0 Å². The number of hydrogen-bond acceptors (Lipinski definition) is 0. The topological polar surface area (TPSA) is 0 Å². The molecule has 0 atom stereocenters. The summed E-state index contributed by atoms with van der Waals surface area (Å²) in [5, 5.41) is 0. The molecule has 0 saturated heterocycles. The van der Waals surface area contributed by atoms with Crippen molar-refractivity contribution in [2.24, 2.45) is 0 Å². The van der Waals surface area contributed by atoms with Crippen molar-refractivity contribution in [3.05, 3.63) is 0 Å². The summed E-state index contributed by atoms with van der Waals surface area (Å²) in [6, 6.07) is 0. The molecule has 0 aromatic carbocycles. The summed E-state index contributed by atoms with van der Waals surface area (Å²) in [5.74, 6) is 0. The van der Waals surface area contributed by atoms with E-state index < -0.39 is 0 Å². The second-order valence-corrected chi connectivity index (χ2v) is 0. The van der Waals surface area contributed by atoms with Crippen molar-refractivity contribution in [1.82, 2.24) is 0 Å². The van der Waals surface area contributed by atoms with Gasteiger partial charge in [-0.25, -0.2) is 0 Å². The molecule has 0 radical (unpaired) electrons. The Morgan fingerprint density at radius 2 is 0.222 bits per heavy atom. The Morgan fingerprint density at radius 1 is 0.222 bits per heavy atom. The molecule has 0 spiro atoms. The van der Waals surface area contributed by atoms with Crippen LogP contribution in [0.25, 0.3) is 0 Å². The van der Waals surface area contributed by atoms with E-state index in [1.165, 1.54) is 0 Å². The van der Waals surface area contributed by atoms with Gasteiger partial charge in [-0.2, -0.15) is 0 Å². The summed E-state index contributed by atoms with van der Waals surface area (Å²) in [6.45, 7) is 0. The minimum Gasteiger partial charge on any atom is -1.00 e. The third kappa shape index (κ3) is 208. The van der Waals surface area contributed by atoms with Crippen LogP contribution in [-0.4, -0.2) is 0 Å². The van der Waals surface area contributed by atoms with Crippen LogP contribution in [0.2, 0.25) is 0 Å². The maximum atomic E-state index is 0. The number of rotatable bonds is 0. The van der Waals surface area contributed by atoms with E-state index in [2.05, 4.69) is 0 Å². The molecule has 0 unspecified atom stereocenters. The Morgan fingerprint density at radius 3 is 0.222 bits per heavy atom. The average Bonchev–Trinajstić information content (AvgIpc) is 0. The van der Waals surface area contributed by atoms with E-state index in [0.717, 1.165) is 0 Å². The predicted molar refractivity (Wildman–Crippen MR) is 0 cm³/mol. The van der Waals surface area contributed by atoms with Crippen LogP contribution in [0.3, 0.4) is 0 Å². The molecule has 0 rings (SSSR count). The van der Waals surface area contributed by atoms with Gasteiger partial charge in [0, 0.05) is 0 Å². The Bertz CT molecular complexity index is 8.26. The molecule has 9 heteroatoms. The van der Waals surface area contributed by atoms with E-state index in [0.29, 0.717) is 0 Å². The van der Waals surface area contributed by atoms with Crippen molar-refractivity contribution in [3.8, 4) is 0 Å². The fourth-order valence-corrected chi connectivity index (χ4v) is 0. The van der Waals surface area contributed by atoms with Crippen molar-refractivity contribution in [2.75, 3.05) is 0 Å². The van der Waals surface area contributed by atoms with E-state index in [1.54, 1.807) is 0 Å². The molecule has 0 aromatic rings. The summed E-state index contributed by atoms with van der Waals surface area (Å²) in [4.78, 5) is 0. The maximum Gasteiger partial charge on any atom is 2.00 e. The summed E-state index contributed by atoms with van der Waals surface area (Å²) in [7, 11) is 0. The molecule has 0 N–H and O–H groups in total. The first-order valence-electron chi connectivity index (χ1n) is 0. The fourth-order valence-electron chi connectivity index (χ4n) is 0. The van der Waals surface area contributed by atoms with Crippen LogP contribution in [0.1, 0.15) is 0 Å². The summed E-state index contributed by atoms with van der Waals surface area (Å²) < 4.78 is 0. The predicted octanol–water partition coefficient (Wildman–Crippen LogP) is -18.0. The van der Waals surface area contributed by atoms with Gasteiger partial charge >= 0.3 is 63.2 Å². The van der Waals surface area contributed by atoms with Crippen molar-refractivity contribution in [1.29, 1.82) is 0 Å². The van der Waals surface area contributed by atoms with Crippen LogP contribution >= 0.6 is 0 Å². The van der Waals surface area contributed by atoms with Crippen LogP contribution in [-0.2, 0) is 63.2 Å². The normalized spacial score (nSPS) is 0. The standard InChI is InChI=1S/6FH.3W/h6*1H;;;/q;;;;;;3*+2/p-6. The monoisotopic (exact) mass is 666 g/mol. The van der Waals surface area contributed by atoms with Gasteiger partial charge in [-0.1, -0.05) is 0 Å². The van der Waals surface area contributed by atoms with Crippen LogP contribution in [0.15, 0.2) is 0 Å². The number of hydrogen-bond donors (Lipinski definition) is 0. The van der Waals surface area contributed by atoms with E-state index in [9.17, 15) is 0 Å². The van der Waals surface area contributed by atoms with Gasteiger partial charge in [-0.3, -0.25) is 0 Å². The Balaban J connectivity index is 0. The van der Waals surface area contributed by atoms with E-state index in [-0.39, 0.29) is 91.4 Å². The molecule has 0 amide bonds. The zero-order valence-corrected chi connectivity index (χ0v) is 12.3. The van der Waals surface area contributed by atoms with Gasteiger partial charge in [0.25, 0.3) is 0 Å². The molecule has 9 heavy (non-hydrogen) atoms. The fraction of sp³-hybridized carbons (Fsp3) is 0. The molecule has 0 fully saturated rings. The first-order valence-corrected chi connectivity index (χ1v) is 0. The van der Waals surface area contributed by atoms with Gasteiger partial charge in [0.15, 0.2) is 0 Å². The minimum atomic E-state index is 0. The molecule has 0 aliphatic carbocycles. The molecule has 0 bridgehead atoms. The number of halogens is 6. The van der Waals surface area contributed by atoms with E-state index in [1.807, 2.05) is 0 Å². The van der Waals surface area contributed by atoms with Crippen LogP contribution in [0.5, 0.6) is 0 Å². The van der Waals surface area contributed by atoms with Crippen LogP contribution in [0, 0.1) is 0 Å². The Hall–Kier alpha value is 1.64. The summed E-state index contributed by atoms with van der Waals surface area (Å²) >= 11 is 0. The molecule has 0 aliphatic heterocycles. The smallest absolute Gasteiger partial charge is 1.00 e. The van der Waals surface area contributed by atoms with E-state index in [4.69, 9.17) is 0 Å².